The third-order valence-electron chi connectivity index (χ3n) is 11.3. The van der Waals surface area contributed by atoms with Gasteiger partial charge in [-0.05, 0) is 90.6 Å². The number of anilines is 1. The molecule has 0 spiro atoms. The summed E-state index contributed by atoms with van der Waals surface area (Å²) in [5.41, 5.74) is 3.41. The summed E-state index contributed by atoms with van der Waals surface area (Å²) in [6.45, 7) is 8.16. The minimum absolute atomic E-state index is 0. The Labute approximate surface area is 247 Å². The van der Waals surface area contributed by atoms with Gasteiger partial charge in [-0.2, -0.15) is 0 Å². The molecule has 5 fully saturated rings. The number of nitrogens with zero attached hydrogens (tertiary/aromatic N) is 1. The molecule has 1 aliphatic heterocycles. The van der Waals surface area contributed by atoms with Crippen LogP contribution in [0.15, 0.2) is 24.3 Å². The Bertz CT molecular complexity index is 848. The molecule has 8 atom stereocenters. The molecule has 8 unspecified atom stereocenters. The molecule has 5 aliphatic rings. The molecular formula is C31H50Cl2FNSiZr. The van der Waals surface area contributed by atoms with Crippen molar-refractivity contribution in [2.45, 2.75) is 114 Å². The first kappa shape index (κ1) is 32.1. The SMILES string of the molecule is CC1CCC2C(C1)C1C(C3CCCCC3C1[Si](C)(C)C1CCCC1)N2c1ccc(F)cc1.[CH3-].[CH3-].[Cl][Zr+2][Cl]. The number of hydrogen-bond acceptors (Lipinski definition) is 1. The van der Waals surface area contributed by atoms with Crippen LogP contribution in [0, 0.1) is 50.3 Å². The first-order chi connectivity index (χ1) is 16.9. The van der Waals surface area contributed by atoms with Gasteiger partial charge in [-0.3, -0.25) is 0 Å². The number of hydrogen-bond donors (Lipinski definition) is 0. The molecule has 6 heteroatoms. The molecule has 1 heterocycles. The van der Waals surface area contributed by atoms with Gasteiger partial charge in [0.2, 0.25) is 0 Å². The van der Waals surface area contributed by atoms with Crippen LogP contribution < -0.4 is 4.90 Å². The summed E-state index contributed by atoms with van der Waals surface area (Å²) in [5.74, 6) is 4.43. The Morgan fingerprint density at radius 3 is 2.03 bits per heavy atom. The standard InChI is InChI=1S/C29H44FNSi.2CH3.2ClH.Zr/c1-19-12-17-26-25(18-19)27-28(31(26)21-15-13-20(30)14-16-21)23-10-6-7-11-24(23)29(27)32(2,3)22-8-4-5-9-22;;;;;/h13-16,19,22-29H,4-12,17-18H2,1-3H3;2*1H3;2*1H;/q;2*-1;;;+4/p-2. The van der Waals surface area contributed by atoms with E-state index in [1.807, 2.05) is 0 Å². The molecule has 1 aromatic rings. The summed E-state index contributed by atoms with van der Waals surface area (Å²) in [7, 11) is 8.51. The monoisotopic (exact) mass is 643 g/mol. The van der Waals surface area contributed by atoms with Gasteiger partial charge in [0.1, 0.15) is 5.82 Å². The maximum atomic E-state index is 13.9. The van der Waals surface area contributed by atoms with Crippen molar-refractivity contribution in [2.24, 2.45) is 29.6 Å². The summed E-state index contributed by atoms with van der Waals surface area (Å²) in [6.07, 6.45) is 16.0. The van der Waals surface area contributed by atoms with Crippen molar-refractivity contribution in [3.63, 3.8) is 0 Å². The van der Waals surface area contributed by atoms with E-state index in [1.165, 1.54) is 76.3 Å². The molecule has 208 valence electrons. The molecule has 4 saturated carbocycles. The summed E-state index contributed by atoms with van der Waals surface area (Å²) in [4.78, 5) is 2.91. The predicted octanol–water partition coefficient (Wildman–Crippen LogP) is 10.6. The van der Waals surface area contributed by atoms with E-state index in [1.54, 1.807) is 12.1 Å². The second-order valence-electron chi connectivity index (χ2n) is 13.1. The fourth-order valence-electron chi connectivity index (χ4n) is 10.1. The zero-order valence-corrected chi connectivity index (χ0v) is 28.8. The van der Waals surface area contributed by atoms with Crippen molar-refractivity contribution in [3.8, 4) is 0 Å². The normalized spacial score (nSPS) is 36.6. The Balaban J connectivity index is 0.000000727. The van der Waals surface area contributed by atoms with E-state index in [-0.39, 0.29) is 20.7 Å². The first-order valence-electron chi connectivity index (χ1n) is 14.4. The minimum atomic E-state index is -1.36. The van der Waals surface area contributed by atoms with Gasteiger partial charge < -0.3 is 19.8 Å². The quantitative estimate of drug-likeness (QED) is 0.234. The van der Waals surface area contributed by atoms with E-state index in [2.05, 4.69) is 37.1 Å². The van der Waals surface area contributed by atoms with Gasteiger partial charge >= 0.3 is 37.9 Å². The summed E-state index contributed by atoms with van der Waals surface area (Å²) in [6, 6.07) is 9.07. The van der Waals surface area contributed by atoms with Gasteiger partial charge in [0, 0.05) is 17.8 Å². The molecule has 37 heavy (non-hydrogen) atoms. The number of fused-ring (bicyclic) bond motifs is 5. The average molecular weight is 646 g/mol. The Morgan fingerprint density at radius 1 is 0.838 bits per heavy atom. The Morgan fingerprint density at radius 2 is 1.41 bits per heavy atom. The van der Waals surface area contributed by atoms with Crippen molar-refractivity contribution in [1.82, 2.24) is 0 Å². The van der Waals surface area contributed by atoms with Crippen LogP contribution in [0.1, 0.15) is 77.6 Å². The van der Waals surface area contributed by atoms with Gasteiger partial charge in [0.15, 0.2) is 0 Å². The summed E-state index contributed by atoms with van der Waals surface area (Å²) < 4.78 is 13.9. The van der Waals surface area contributed by atoms with Crippen LogP contribution in [0.2, 0.25) is 24.2 Å². The van der Waals surface area contributed by atoms with E-state index in [0.29, 0.717) is 6.04 Å². The molecule has 1 saturated heterocycles. The van der Waals surface area contributed by atoms with E-state index in [4.69, 9.17) is 17.0 Å². The van der Waals surface area contributed by atoms with E-state index in [0.717, 1.165) is 46.7 Å². The fourth-order valence-corrected chi connectivity index (χ4v) is 15.5. The van der Waals surface area contributed by atoms with Gasteiger partial charge in [-0.25, -0.2) is 4.39 Å². The van der Waals surface area contributed by atoms with Crippen molar-refractivity contribution < 1.29 is 25.2 Å². The van der Waals surface area contributed by atoms with Crippen LogP contribution in [0.3, 0.4) is 0 Å². The first-order valence-corrected chi connectivity index (χ1v) is 23.9. The van der Waals surface area contributed by atoms with Crippen LogP contribution in [-0.2, 0) is 20.8 Å². The van der Waals surface area contributed by atoms with Crippen LogP contribution in [0.5, 0.6) is 0 Å². The molecule has 1 aromatic carbocycles. The van der Waals surface area contributed by atoms with Crippen LogP contribution in [-0.4, -0.2) is 20.2 Å². The van der Waals surface area contributed by atoms with Gasteiger partial charge in [-0.1, -0.05) is 65.0 Å². The molecule has 4 aliphatic carbocycles. The van der Waals surface area contributed by atoms with Gasteiger partial charge in [-0.15, -0.1) is 0 Å². The number of halogens is 3. The summed E-state index contributed by atoms with van der Waals surface area (Å²) >= 11 is -0.826. The van der Waals surface area contributed by atoms with Crippen molar-refractivity contribution in [3.05, 3.63) is 44.9 Å². The molecule has 1 nitrogen and oxygen atoms in total. The summed E-state index contributed by atoms with van der Waals surface area (Å²) in [5, 5.41) is 0. The van der Waals surface area contributed by atoms with E-state index in [9.17, 15) is 4.39 Å². The zero-order chi connectivity index (χ0) is 24.7. The van der Waals surface area contributed by atoms with Gasteiger partial charge in [0.25, 0.3) is 0 Å². The Kier molecular flexibility index (Phi) is 11.8. The van der Waals surface area contributed by atoms with Crippen LogP contribution in [0.25, 0.3) is 0 Å². The zero-order valence-electron chi connectivity index (χ0n) is 23.9. The average Bonchev–Trinajstić information content (AvgIpc) is 3.56. The molecule has 0 bridgehead atoms. The van der Waals surface area contributed by atoms with Crippen molar-refractivity contribution in [2.75, 3.05) is 4.90 Å². The second-order valence-corrected chi connectivity index (χ2v) is 22.0. The number of benzene rings is 1. The Hall–Kier alpha value is 0.630. The van der Waals surface area contributed by atoms with Crippen LogP contribution in [0.4, 0.5) is 10.1 Å². The second kappa shape index (κ2) is 13.5. The molecule has 0 N–H and O–H groups in total. The molecular weight excluding hydrogens is 596 g/mol. The maximum absolute atomic E-state index is 13.9. The fraction of sp³-hybridized carbons (Fsp3) is 0.742. The topological polar surface area (TPSA) is 3.24 Å². The van der Waals surface area contributed by atoms with Crippen molar-refractivity contribution >= 4 is 30.8 Å². The molecule has 0 radical (unpaired) electrons. The third kappa shape index (κ3) is 5.99. The van der Waals surface area contributed by atoms with E-state index < -0.39 is 28.9 Å². The molecule has 0 amide bonds. The third-order valence-corrected chi connectivity index (χ3v) is 16.5. The predicted molar refractivity (Wildman–Crippen MR) is 160 cm³/mol. The van der Waals surface area contributed by atoms with Gasteiger partial charge in [0.05, 0.1) is 8.07 Å². The molecule has 6 rings (SSSR count). The van der Waals surface area contributed by atoms with E-state index >= 15 is 0 Å². The number of rotatable bonds is 3. The molecule has 0 aromatic heterocycles. The van der Waals surface area contributed by atoms with Crippen molar-refractivity contribution in [1.29, 1.82) is 0 Å². The van der Waals surface area contributed by atoms with Crippen LogP contribution >= 0.6 is 17.0 Å².